The Balaban J connectivity index is 1.04. The van der Waals surface area contributed by atoms with Gasteiger partial charge >= 0.3 is 0 Å². The molecule has 8 aromatic carbocycles. The zero-order valence-electron chi connectivity index (χ0n) is 57.5. The molecule has 0 aliphatic carbocycles. The fraction of sp³-hybridized carbons (Fsp3) is 0.0952. The van der Waals surface area contributed by atoms with Crippen molar-refractivity contribution in [1.29, 1.82) is 0 Å². The van der Waals surface area contributed by atoms with E-state index in [0.29, 0.717) is 181 Å². The van der Waals surface area contributed by atoms with Gasteiger partial charge in [-0.2, -0.15) is 0 Å². The number of hydrogen-bond donors (Lipinski definition) is 2. The monoisotopic (exact) mass is 1370 g/mol. The Kier molecular flexibility index (Phi) is 16.1. The number of hydrogen-bond acceptors (Lipinski definition) is 18. The highest BCUT2D eigenvalue weighted by molar-refractivity contribution is 6.08. The maximum absolute atomic E-state index is 5.68. The Bertz CT molecular complexity index is 5300. The summed E-state index contributed by atoms with van der Waals surface area (Å²) in [6.45, 7) is 0. The summed E-state index contributed by atoms with van der Waals surface area (Å²) in [6, 6.07) is 70.1. The lowest BCUT2D eigenvalue weighted by molar-refractivity contribution is 0.414. The molecule has 2 aliphatic heterocycles. The van der Waals surface area contributed by atoms with Crippen molar-refractivity contribution in [3.05, 3.63) is 218 Å². The van der Waals surface area contributed by atoms with E-state index in [9.17, 15) is 0 Å². The number of nitrogens with zero attached hydrogens (tertiary/aromatic N) is 10. The summed E-state index contributed by atoms with van der Waals surface area (Å²) in [4.78, 5) is 64.2. The SMILES string of the molecule is COc1ccc(-c2nc3c(nc2-c2ccc(OC)cc2)-c2cc4[nH]c(cc5nc(cc6[nH]c(cc-3n2)c2nc(-c3ccc(OC)cc3)c(-c3ccc(OC)cc3)nc62)-c2nc(-c3ccc(OC)cc3)c(-c3ccc(OC)cc3)nc2-5)c2nc(-c3ccc(OC)cc3)c(-c3ccc(OC)cc3)nc42)cc1. The Hall–Kier alpha value is -13.9. The first-order chi connectivity index (χ1) is 51.1. The van der Waals surface area contributed by atoms with Crippen molar-refractivity contribution < 1.29 is 37.9 Å². The van der Waals surface area contributed by atoms with Crippen LogP contribution in [0, 0.1) is 0 Å². The highest BCUT2D eigenvalue weighted by Gasteiger charge is 2.30. The normalized spacial score (nSPS) is 11.5. The summed E-state index contributed by atoms with van der Waals surface area (Å²) < 4.78 is 45.4. The van der Waals surface area contributed by atoms with Crippen LogP contribution in [0.5, 0.6) is 46.0 Å². The number of rotatable bonds is 16. The minimum absolute atomic E-state index is 0.471. The number of ether oxygens (including phenoxy) is 8. The molecule has 506 valence electrons. The van der Waals surface area contributed by atoms with Crippen molar-refractivity contribution in [3.63, 3.8) is 0 Å². The van der Waals surface area contributed by atoms with E-state index in [4.69, 9.17) is 87.7 Å². The fourth-order valence-corrected chi connectivity index (χ4v) is 13.2. The molecule has 0 amide bonds. The second-order valence-electron chi connectivity index (χ2n) is 24.5. The van der Waals surface area contributed by atoms with Gasteiger partial charge in [0, 0.05) is 44.5 Å². The molecule has 17 rings (SSSR count). The predicted molar refractivity (Wildman–Crippen MR) is 403 cm³/mol. The molecule has 104 heavy (non-hydrogen) atoms. The van der Waals surface area contributed by atoms with E-state index >= 15 is 0 Å². The van der Waals surface area contributed by atoms with Crippen LogP contribution in [0.1, 0.15) is 0 Å². The Morgan fingerprint density at radius 1 is 0.173 bits per heavy atom. The minimum Gasteiger partial charge on any atom is -0.497 e. The van der Waals surface area contributed by atoms with Crippen LogP contribution in [0.4, 0.5) is 0 Å². The van der Waals surface area contributed by atoms with E-state index in [1.807, 2.05) is 218 Å². The van der Waals surface area contributed by atoms with E-state index in [1.165, 1.54) is 0 Å². The number of H-pyrrole nitrogens is 2. The van der Waals surface area contributed by atoms with Crippen LogP contribution in [-0.4, -0.2) is 117 Å². The summed E-state index contributed by atoms with van der Waals surface area (Å²) in [5.41, 5.74) is 19.3. The highest BCUT2D eigenvalue weighted by atomic mass is 16.5. The van der Waals surface area contributed by atoms with Gasteiger partial charge in [0.05, 0.1) is 147 Å². The Morgan fingerprint density at radius 2 is 0.317 bits per heavy atom. The van der Waals surface area contributed by atoms with Gasteiger partial charge in [0.1, 0.15) is 90.8 Å². The number of fused-ring (bicyclic) bond motifs is 20. The maximum atomic E-state index is 5.68. The second kappa shape index (κ2) is 26.3. The van der Waals surface area contributed by atoms with Gasteiger partial charge in [0.25, 0.3) is 0 Å². The number of benzene rings is 8. The molecule has 0 radical (unpaired) electrons. The van der Waals surface area contributed by atoms with Crippen LogP contribution < -0.4 is 37.9 Å². The van der Waals surface area contributed by atoms with E-state index in [1.54, 1.807) is 56.9 Å². The van der Waals surface area contributed by atoms with Gasteiger partial charge in [-0.05, 0) is 218 Å². The summed E-state index contributed by atoms with van der Waals surface area (Å²) in [5, 5.41) is 0. The van der Waals surface area contributed by atoms with Crippen LogP contribution in [-0.2, 0) is 0 Å². The molecule has 2 aliphatic rings. The van der Waals surface area contributed by atoms with Gasteiger partial charge in [0.2, 0.25) is 0 Å². The van der Waals surface area contributed by atoms with Crippen molar-refractivity contribution in [2.24, 2.45) is 0 Å². The molecule has 0 atom stereocenters. The van der Waals surface area contributed by atoms with Crippen LogP contribution in [0.2, 0.25) is 0 Å². The molecule has 0 unspecified atom stereocenters. The van der Waals surface area contributed by atoms with Crippen LogP contribution in [0.25, 0.3) is 180 Å². The second-order valence-corrected chi connectivity index (χ2v) is 24.5. The highest BCUT2D eigenvalue weighted by Crippen LogP contribution is 2.46. The third kappa shape index (κ3) is 11.4. The maximum Gasteiger partial charge on any atom is 0.118 e. The van der Waals surface area contributed by atoms with Gasteiger partial charge in [-0.25, -0.2) is 49.8 Å². The first-order valence-electron chi connectivity index (χ1n) is 33.3. The quantitative estimate of drug-likeness (QED) is 0.0915. The van der Waals surface area contributed by atoms with E-state index < -0.39 is 0 Å². The topological polar surface area (TPSA) is 234 Å². The summed E-state index contributed by atoms with van der Waals surface area (Å²) in [6.07, 6.45) is 0. The molecule has 7 aromatic heterocycles. The van der Waals surface area contributed by atoms with E-state index in [-0.39, 0.29) is 0 Å². The van der Waals surface area contributed by atoms with Gasteiger partial charge in [-0.1, -0.05) is 0 Å². The van der Waals surface area contributed by atoms with Crippen LogP contribution in [0.15, 0.2) is 218 Å². The zero-order valence-corrected chi connectivity index (χ0v) is 57.5. The predicted octanol–water partition coefficient (Wildman–Crippen LogP) is 17.9. The largest absolute Gasteiger partial charge is 0.497 e. The Morgan fingerprint density at radius 3 is 0.462 bits per heavy atom. The van der Waals surface area contributed by atoms with Crippen molar-refractivity contribution >= 4 is 44.1 Å². The van der Waals surface area contributed by atoms with Crippen molar-refractivity contribution in [1.82, 2.24) is 59.8 Å². The molecule has 20 nitrogen and oxygen atoms in total. The van der Waals surface area contributed by atoms with Crippen LogP contribution >= 0.6 is 0 Å². The lowest BCUT2D eigenvalue weighted by Gasteiger charge is -2.13. The van der Waals surface area contributed by atoms with Gasteiger partial charge in [-0.15, -0.1) is 0 Å². The summed E-state index contributed by atoms with van der Waals surface area (Å²) in [5.74, 6) is 5.47. The molecular formula is C84H62N12O8. The molecule has 0 saturated heterocycles. The lowest BCUT2D eigenvalue weighted by atomic mass is 10.0. The third-order valence-electron chi connectivity index (χ3n) is 18.6. The first kappa shape index (κ1) is 63.6. The van der Waals surface area contributed by atoms with Gasteiger partial charge in [-0.3, -0.25) is 0 Å². The van der Waals surface area contributed by atoms with E-state index in [0.717, 1.165) is 44.5 Å². The third-order valence-corrected chi connectivity index (χ3v) is 18.6. The fourth-order valence-electron chi connectivity index (χ4n) is 13.2. The average Bonchev–Trinajstić information content (AvgIpc) is 1.59. The molecule has 2 N–H and O–H groups in total. The summed E-state index contributed by atoms with van der Waals surface area (Å²) >= 11 is 0. The van der Waals surface area contributed by atoms with Crippen molar-refractivity contribution in [2.45, 2.75) is 0 Å². The molecular weight excluding hydrogens is 1300 g/mol. The molecule has 0 saturated carbocycles. The molecule has 15 aromatic rings. The molecule has 9 heterocycles. The van der Waals surface area contributed by atoms with Gasteiger partial charge < -0.3 is 47.9 Å². The van der Waals surface area contributed by atoms with E-state index in [2.05, 4.69) is 9.97 Å². The average molecular weight is 1370 g/mol. The molecule has 0 fully saturated rings. The van der Waals surface area contributed by atoms with Crippen molar-refractivity contribution in [3.8, 4) is 182 Å². The molecule has 20 heteroatoms. The number of aromatic amines is 2. The number of methoxy groups -OCH3 is 8. The summed E-state index contributed by atoms with van der Waals surface area (Å²) in [7, 11) is 13.1. The molecule has 0 spiro atoms. The lowest BCUT2D eigenvalue weighted by Crippen LogP contribution is -1.98. The number of aromatic nitrogens is 12. The smallest absolute Gasteiger partial charge is 0.118 e. The standard InChI is InChI=1S/C84H62N12O8/c1-97-53-25-9-45(10-26-53)69-70(46-11-27-54(98-2)28-12-46)90-78-62-42-64-80-82(94-74(50-19-35-58(102-6)36-20-50)73(92-80)49-17-33-57(101-5)34-18-49)66(87-64)44-68-84-83(95-75(51-21-37-59(103-7)38-22-51)76(96-84)52-23-39-60(104-8)40-24-52)67(88-68)43-65-81-79(63(86-65)41-61(85-62)77(78)89-69)91-71(47-13-29-55(99-3)30-14-47)72(93-81)48-15-31-56(100-4)32-16-48/h9-44,85,88H,1-8H3. The zero-order chi connectivity index (χ0) is 70.7. The Labute approximate surface area is 595 Å². The number of nitrogens with one attached hydrogen (secondary N) is 2. The first-order valence-corrected chi connectivity index (χ1v) is 33.3. The molecule has 8 bridgehead atoms. The van der Waals surface area contributed by atoms with Gasteiger partial charge in [0.15, 0.2) is 0 Å². The minimum atomic E-state index is 0.471. The van der Waals surface area contributed by atoms with Crippen LogP contribution in [0.3, 0.4) is 0 Å². The van der Waals surface area contributed by atoms with Crippen molar-refractivity contribution in [2.75, 3.05) is 56.9 Å².